The van der Waals surface area contributed by atoms with E-state index in [2.05, 4.69) is 12.7 Å². The van der Waals surface area contributed by atoms with Crippen molar-refractivity contribution in [1.29, 1.82) is 0 Å². The molecule has 0 saturated heterocycles. The second-order valence-electron chi connectivity index (χ2n) is 2.04. The highest BCUT2D eigenvalue weighted by atomic mass is 16.5. The van der Waals surface area contributed by atoms with Crippen LogP contribution in [0.2, 0.25) is 0 Å². The lowest BCUT2D eigenvalue weighted by Gasteiger charge is -2.08. The van der Waals surface area contributed by atoms with Crippen molar-refractivity contribution >= 4 is 0 Å². The lowest BCUT2D eigenvalue weighted by atomic mass is 10.2. The predicted molar refractivity (Wildman–Crippen MR) is 42.3 cm³/mol. The van der Waals surface area contributed by atoms with Gasteiger partial charge in [0.15, 0.2) is 0 Å². The number of allylic oxidation sites excluding steroid dienone is 4. The summed E-state index contributed by atoms with van der Waals surface area (Å²) in [6.07, 6.45) is 10.8. The monoisotopic (exact) mass is 135 g/mol. The summed E-state index contributed by atoms with van der Waals surface area (Å²) in [4.78, 5) is 0. The van der Waals surface area contributed by atoms with E-state index in [1.165, 1.54) is 0 Å². The van der Waals surface area contributed by atoms with Gasteiger partial charge < -0.3 is 4.74 Å². The Morgan fingerprint density at radius 3 is 3.20 bits per heavy atom. The van der Waals surface area contributed by atoms with Gasteiger partial charge in [-0.2, -0.15) is 0 Å². The quantitative estimate of drug-likeness (QED) is 0.539. The van der Waals surface area contributed by atoms with Gasteiger partial charge >= 0.3 is 0 Å². The van der Waals surface area contributed by atoms with E-state index >= 15 is 0 Å². The SMILES string of the molecule is C=CCOC1=CC=CC[CH]1. The molecule has 0 fully saturated rings. The molecule has 0 atom stereocenters. The summed E-state index contributed by atoms with van der Waals surface area (Å²) < 4.78 is 5.27. The van der Waals surface area contributed by atoms with Gasteiger partial charge in [-0.05, 0) is 12.5 Å². The highest BCUT2D eigenvalue weighted by molar-refractivity contribution is 5.21. The first-order valence-corrected chi connectivity index (χ1v) is 3.37. The summed E-state index contributed by atoms with van der Waals surface area (Å²) in [5.41, 5.74) is 0. The first-order chi connectivity index (χ1) is 4.93. The zero-order chi connectivity index (χ0) is 7.23. The molecule has 1 rings (SSSR count). The van der Waals surface area contributed by atoms with Crippen molar-refractivity contribution in [1.82, 2.24) is 0 Å². The summed E-state index contributed by atoms with van der Waals surface area (Å²) in [7, 11) is 0. The average molecular weight is 135 g/mol. The maximum atomic E-state index is 5.27. The van der Waals surface area contributed by atoms with Gasteiger partial charge in [0.05, 0.1) is 0 Å². The summed E-state index contributed by atoms with van der Waals surface area (Å²) in [6.45, 7) is 4.15. The Kier molecular flexibility index (Phi) is 2.81. The Hall–Kier alpha value is -0.980. The van der Waals surface area contributed by atoms with Gasteiger partial charge in [0, 0.05) is 6.42 Å². The van der Waals surface area contributed by atoms with Crippen molar-refractivity contribution in [3.8, 4) is 0 Å². The van der Waals surface area contributed by atoms with Gasteiger partial charge in [-0.25, -0.2) is 0 Å². The Bertz CT molecular complexity index is 166. The largest absolute Gasteiger partial charge is 0.494 e. The lowest BCUT2D eigenvalue weighted by Crippen LogP contribution is -1.94. The van der Waals surface area contributed by atoms with Crippen molar-refractivity contribution < 1.29 is 4.74 Å². The van der Waals surface area contributed by atoms with Crippen LogP contribution in [-0.2, 0) is 4.74 Å². The van der Waals surface area contributed by atoms with Crippen molar-refractivity contribution in [2.75, 3.05) is 6.61 Å². The molecule has 0 amide bonds. The fourth-order valence-corrected chi connectivity index (χ4v) is 0.756. The van der Waals surface area contributed by atoms with Crippen LogP contribution in [0.3, 0.4) is 0 Å². The third-order valence-electron chi connectivity index (χ3n) is 1.22. The third-order valence-corrected chi connectivity index (χ3v) is 1.22. The van der Waals surface area contributed by atoms with Crippen LogP contribution in [0.25, 0.3) is 0 Å². The molecule has 0 N–H and O–H groups in total. The smallest absolute Gasteiger partial charge is 0.106 e. The van der Waals surface area contributed by atoms with E-state index < -0.39 is 0 Å². The molecule has 0 bridgehead atoms. The Labute approximate surface area is 61.7 Å². The van der Waals surface area contributed by atoms with E-state index in [9.17, 15) is 0 Å². The van der Waals surface area contributed by atoms with Crippen molar-refractivity contribution in [3.63, 3.8) is 0 Å². The van der Waals surface area contributed by atoms with E-state index in [1.807, 2.05) is 18.6 Å². The lowest BCUT2D eigenvalue weighted by molar-refractivity contribution is 0.253. The first kappa shape index (κ1) is 7.13. The molecule has 0 unspecified atom stereocenters. The predicted octanol–water partition coefficient (Wildman–Crippen LogP) is 2.24. The average Bonchev–Trinajstić information content (AvgIpc) is 2.03. The molecule has 0 aromatic rings. The molecule has 1 aliphatic carbocycles. The Morgan fingerprint density at radius 1 is 1.70 bits per heavy atom. The van der Waals surface area contributed by atoms with E-state index in [4.69, 9.17) is 4.74 Å². The summed E-state index contributed by atoms with van der Waals surface area (Å²) in [5, 5.41) is 0. The third kappa shape index (κ3) is 2.09. The Balaban J connectivity index is 2.32. The first-order valence-electron chi connectivity index (χ1n) is 3.37. The van der Waals surface area contributed by atoms with E-state index in [-0.39, 0.29) is 0 Å². The molecule has 0 saturated carbocycles. The second-order valence-corrected chi connectivity index (χ2v) is 2.04. The molecular formula is C9H11O. The van der Waals surface area contributed by atoms with Crippen LogP contribution in [0, 0.1) is 6.42 Å². The fourth-order valence-electron chi connectivity index (χ4n) is 0.756. The number of rotatable bonds is 3. The zero-order valence-corrected chi connectivity index (χ0v) is 5.92. The molecule has 53 valence electrons. The standard InChI is InChI=1S/C9H11O/c1-2-8-10-9-6-4-3-5-7-9/h2-4,6-7H,1,5,8H2. The summed E-state index contributed by atoms with van der Waals surface area (Å²) in [5.74, 6) is 0.947. The van der Waals surface area contributed by atoms with Crippen molar-refractivity contribution in [2.45, 2.75) is 6.42 Å². The Morgan fingerprint density at radius 2 is 2.60 bits per heavy atom. The van der Waals surface area contributed by atoms with Crippen LogP contribution in [0.4, 0.5) is 0 Å². The van der Waals surface area contributed by atoms with Crippen molar-refractivity contribution in [2.24, 2.45) is 0 Å². The van der Waals surface area contributed by atoms with Crippen molar-refractivity contribution in [3.05, 3.63) is 43.1 Å². The van der Waals surface area contributed by atoms with Crippen LogP contribution in [0.1, 0.15) is 6.42 Å². The second kappa shape index (κ2) is 3.94. The molecule has 10 heavy (non-hydrogen) atoms. The fraction of sp³-hybridized carbons (Fsp3) is 0.222. The molecular weight excluding hydrogens is 124 g/mol. The van der Waals surface area contributed by atoms with Gasteiger partial charge in [-0.3, -0.25) is 0 Å². The number of hydrogen-bond acceptors (Lipinski definition) is 1. The van der Waals surface area contributed by atoms with Crippen LogP contribution in [0.15, 0.2) is 36.6 Å². The van der Waals surface area contributed by atoms with Crippen LogP contribution in [-0.4, -0.2) is 6.61 Å². The molecule has 0 spiro atoms. The van der Waals surface area contributed by atoms with Gasteiger partial charge in [0.1, 0.15) is 12.4 Å². The maximum Gasteiger partial charge on any atom is 0.106 e. The summed E-state index contributed by atoms with van der Waals surface area (Å²) >= 11 is 0. The molecule has 1 nitrogen and oxygen atoms in total. The normalized spacial score (nSPS) is 16.2. The minimum Gasteiger partial charge on any atom is -0.494 e. The van der Waals surface area contributed by atoms with Crippen LogP contribution >= 0.6 is 0 Å². The highest BCUT2D eigenvalue weighted by Gasteiger charge is 1.97. The van der Waals surface area contributed by atoms with Gasteiger partial charge in [-0.15, -0.1) is 0 Å². The van der Waals surface area contributed by atoms with Crippen LogP contribution < -0.4 is 0 Å². The van der Waals surface area contributed by atoms with Gasteiger partial charge in [0.2, 0.25) is 0 Å². The molecule has 0 heterocycles. The van der Waals surface area contributed by atoms with E-state index in [0.29, 0.717) is 6.61 Å². The zero-order valence-electron chi connectivity index (χ0n) is 5.92. The highest BCUT2D eigenvalue weighted by Crippen LogP contribution is 2.10. The molecule has 1 radical (unpaired) electrons. The summed E-state index contributed by atoms with van der Waals surface area (Å²) in [6, 6.07) is 0. The minimum absolute atomic E-state index is 0.593. The van der Waals surface area contributed by atoms with Crippen LogP contribution in [0.5, 0.6) is 0 Å². The minimum atomic E-state index is 0.593. The number of hydrogen-bond donors (Lipinski definition) is 0. The van der Waals surface area contributed by atoms with E-state index in [0.717, 1.165) is 12.2 Å². The maximum absolute atomic E-state index is 5.27. The topological polar surface area (TPSA) is 9.23 Å². The molecule has 0 aromatic heterocycles. The molecule has 1 heteroatoms. The molecule has 0 aromatic carbocycles. The van der Waals surface area contributed by atoms with Gasteiger partial charge in [-0.1, -0.05) is 24.8 Å². The van der Waals surface area contributed by atoms with E-state index in [1.54, 1.807) is 6.08 Å². The number of ether oxygens (including phenoxy) is 1. The molecule has 0 aliphatic heterocycles. The van der Waals surface area contributed by atoms with Gasteiger partial charge in [0.25, 0.3) is 0 Å². The molecule has 1 aliphatic rings.